The minimum Gasteiger partial charge on any atom is -0.325 e. The summed E-state index contributed by atoms with van der Waals surface area (Å²) in [7, 11) is 0. The first-order valence-corrected chi connectivity index (χ1v) is 11.5. The van der Waals surface area contributed by atoms with Crippen LogP contribution in [0.4, 0.5) is 10.1 Å². The SMILES string of the molecule is CCn1c(SCC(=O)Nc2ccc(C)c(F)c2)nc2cc(-c3ccccc3)sc2c1=O. The molecular formula is C23H20FN3O2S2. The summed E-state index contributed by atoms with van der Waals surface area (Å²) in [5.41, 5.74) is 2.47. The second-order valence-corrected chi connectivity index (χ2v) is 8.93. The van der Waals surface area contributed by atoms with E-state index < -0.39 is 0 Å². The first-order chi connectivity index (χ1) is 15.0. The van der Waals surface area contributed by atoms with E-state index in [0.29, 0.717) is 33.2 Å². The van der Waals surface area contributed by atoms with Crippen LogP contribution in [0, 0.1) is 12.7 Å². The number of rotatable bonds is 6. The minimum atomic E-state index is -0.371. The fourth-order valence-corrected chi connectivity index (χ4v) is 5.04. The summed E-state index contributed by atoms with van der Waals surface area (Å²) in [5, 5.41) is 3.17. The third-order valence-electron chi connectivity index (χ3n) is 4.76. The average Bonchev–Trinajstić information content (AvgIpc) is 3.20. The van der Waals surface area contributed by atoms with Crippen LogP contribution in [-0.2, 0) is 11.3 Å². The van der Waals surface area contributed by atoms with Crippen molar-refractivity contribution >= 4 is 44.9 Å². The summed E-state index contributed by atoms with van der Waals surface area (Å²) in [4.78, 5) is 31.0. The van der Waals surface area contributed by atoms with Gasteiger partial charge in [0, 0.05) is 17.1 Å². The van der Waals surface area contributed by atoms with Crippen molar-refractivity contribution in [3.8, 4) is 10.4 Å². The van der Waals surface area contributed by atoms with Gasteiger partial charge in [0.25, 0.3) is 5.56 Å². The van der Waals surface area contributed by atoms with Crippen molar-refractivity contribution in [2.24, 2.45) is 0 Å². The van der Waals surface area contributed by atoms with Gasteiger partial charge in [-0.3, -0.25) is 14.2 Å². The number of halogens is 1. The molecule has 1 N–H and O–H groups in total. The van der Waals surface area contributed by atoms with E-state index in [1.165, 1.54) is 29.2 Å². The molecule has 0 aliphatic heterocycles. The van der Waals surface area contributed by atoms with E-state index in [-0.39, 0.29) is 23.0 Å². The number of nitrogens with zero attached hydrogens (tertiary/aromatic N) is 2. The van der Waals surface area contributed by atoms with Crippen LogP contribution in [0.15, 0.2) is 64.5 Å². The van der Waals surface area contributed by atoms with Gasteiger partial charge >= 0.3 is 0 Å². The molecule has 0 fully saturated rings. The van der Waals surface area contributed by atoms with Gasteiger partial charge in [0.05, 0.1) is 11.3 Å². The molecule has 0 spiro atoms. The van der Waals surface area contributed by atoms with Gasteiger partial charge in [-0.15, -0.1) is 11.3 Å². The number of aromatic nitrogens is 2. The van der Waals surface area contributed by atoms with Gasteiger partial charge in [-0.1, -0.05) is 48.2 Å². The lowest BCUT2D eigenvalue weighted by Crippen LogP contribution is -2.22. The van der Waals surface area contributed by atoms with Crippen molar-refractivity contribution in [2.75, 3.05) is 11.1 Å². The zero-order valence-corrected chi connectivity index (χ0v) is 18.6. The van der Waals surface area contributed by atoms with E-state index in [0.717, 1.165) is 10.4 Å². The highest BCUT2D eigenvalue weighted by Gasteiger charge is 2.16. The standard InChI is InChI=1S/C23H20FN3O2S2/c1-3-27-22(29)21-18(12-19(31-21)15-7-5-4-6-8-15)26-23(27)30-13-20(28)25-16-10-9-14(2)17(24)11-16/h4-12H,3,13H2,1-2H3,(H,25,28). The second kappa shape index (κ2) is 9.03. The van der Waals surface area contributed by atoms with E-state index in [2.05, 4.69) is 10.3 Å². The number of benzene rings is 2. The number of nitrogens with one attached hydrogen (secondary N) is 1. The van der Waals surface area contributed by atoms with Gasteiger partial charge in [0.15, 0.2) is 5.16 Å². The zero-order valence-electron chi connectivity index (χ0n) is 17.0. The van der Waals surface area contributed by atoms with Crippen molar-refractivity contribution in [3.63, 3.8) is 0 Å². The summed E-state index contributed by atoms with van der Waals surface area (Å²) in [5.74, 6) is -0.604. The van der Waals surface area contributed by atoms with Crippen LogP contribution in [0.2, 0.25) is 0 Å². The molecule has 5 nitrogen and oxygen atoms in total. The van der Waals surface area contributed by atoms with Crippen molar-refractivity contribution in [1.29, 1.82) is 0 Å². The maximum Gasteiger partial charge on any atom is 0.272 e. The highest BCUT2D eigenvalue weighted by Crippen LogP contribution is 2.32. The van der Waals surface area contributed by atoms with Gasteiger partial charge < -0.3 is 5.32 Å². The maximum absolute atomic E-state index is 13.7. The molecule has 0 bridgehead atoms. The molecule has 0 atom stereocenters. The van der Waals surface area contributed by atoms with Crippen LogP contribution in [0.3, 0.4) is 0 Å². The van der Waals surface area contributed by atoms with Crippen LogP contribution in [0.5, 0.6) is 0 Å². The fraction of sp³-hybridized carbons (Fsp3) is 0.174. The Labute approximate surface area is 187 Å². The highest BCUT2D eigenvalue weighted by molar-refractivity contribution is 7.99. The van der Waals surface area contributed by atoms with Crippen LogP contribution >= 0.6 is 23.1 Å². The van der Waals surface area contributed by atoms with Gasteiger partial charge in [-0.05, 0) is 43.2 Å². The van der Waals surface area contributed by atoms with Crippen molar-refractivity contribution in [1.82, 2.24) is 9.55 Å². The van der Waals surface area contributed by atoms with E-state index in [9.17, 15) is 14.0 Å². The first kappa shape index (κ1) is 21.3. The molecule has 2 aromatic heterocycles. The number of carbonyl (C=O) groups excluding carboxylic acids is 1. The number of anilines is 1. The Kier molecular flexibility index (Phi) is 6.20. The molecule has 4 aromatic rings. The number of carbonyl (C=O) groups is 1. The molecule has 0 saturated carbocycles. The molecule has 0 unspecified atom stereocenters. The molecule has 0 saturated heterocycles. The number of fused-ring (bicyclic) bond motifs is 1. The Bertz CT molecular complexity index is 1320. The summed E-state index contributed by atoms with van der Waals surface area (Å²) in [6, 6.07) is 16.3. The third-order valence-corrected chi connectivity index (χ3v) is 6.90. The number of thioether (sulfide) groups is 1. The fourth-order valence-electron chi connectivity index (χ4n) is 3.12. The van der Waals surface area contributed by atoms with E-state index >= 15 is 0 Å². The number of hydrogen-bond acceptors (Lipinski definition) is 5. The molecule has 158 valence electrons. The average molecular weight is 454 g/mol. The predicted molar refractivity (Wildman–Crippen MR) is 125 cm³/mol. The van der Waals surface area contributed by atoms with Crippen LogP contribution < -0.4 is 10.9 Å². The van der Waals surface area contributed by atoms with Crippen LogP contribution in [0.25, 0.3) is 20.7 Å². The third kappa shape index (κ3) is 4.55. The lowest BCUT2D eigenvalue weighted by Gasteiger charge is -2.10. The summed E-state index contributed by atoms with van der Waals surface area (Å²) in [6.45, 7) is 3.99. The van der Waals surface area contributed by atoms with E-state index in [4.69, 9.17) is 0 Å². The number of aryl methyl sites for hydroxylation is 1. The number of amides is 1. The Hall–Kier alpha value is -2.97. The Balaban J connectivity index is 1.57. The topological polar surface area (TPSA) is 64.0 Å². The lowest BCUT2D eigenvalue weighted by atomic mass is 10.2. The van der Waals surface area contributed by atoms with Gasteiger partial charge in [-0.2, -0.15) is 0 Å². The van der Waals surface area contributed by atoms with Crippen molar-refractivity contribution in [3.05, 3.63) is 76.3 Å². The highest BCUT2D eigenvalue weighted by atomic mass is 32.2. The van der Waals surface area contributed by atoms with Crippen LogP contribution in [0.1, 0.15) is 12.5 Å². The van der Waals surface area contributed by atoms with Crippen molar-refractivity contribution < 1.29 is 9.18 Å². The van der Waals surface area contributed by atoms with Gasteiger partial charge in [-0.25, -0.2) is 9.37 Å². The maximum atomic E-state index is 13.7. The van der Waals surface area contributed by atoms with Gasteiger partial charge in [0.1, 0.15) is 10.5 Å². The van der Waals surface area contributed by atoms with E-state index in [1.807, 2.05) is 43.3 Å². The molecule has 8 heteroatoms. The number of hydrogen-bond donors (Lipinski definition) is 1. The number of thiophene rings is 1. The smallest absolute Gasteiger partial charge is 0.272 e. The Morgan fingerprint density at radius 2 is 1.97 bits per heavy atom. The largest absolute Gasteiger partial charge is 0.325 e. The Morgan fingerprint density at radius 1 is 1.19 bits per heavy atom. The molecule has 0 radical (unpaired) electrons. The molecule has 2 heterocycles. The first-order valence-electron chi connectivity index (χ1n) is 9.75. The normalized spacial score (nSPS) is 11.1. The predicted octanol–water partition coefficient (Wildman–Crippen LogP) is 5.32. The monoisotopic (exact) mass is 453 g/mol. The van der Waals surface area contributed by atoms with Gasteiger partial charge in [0.2, 0.25) is 5.91 Å². The van der Waals surface area contributed by atoms with Crippen LogP contribution in [-0.4, -0.2) is 21.2 Å². The molecular weight excluding hydrogens is 433 g/mol. The van der Waals surface area contributed by atoms with E-state index in [1.54, 1.807) is 23.6 Å². The quantitative estimate of drug-likeness (QED) is 0.317. The lowest BCUT2D eigenvalue weighted by molar-refractivity contribution is -0.113. The zero-order chi connectivity index (χ0) is 22.0. The molecule has 4 rings (SSSR count). The molecule has 31 heavy (non-hydrogen) atoms. The Morgan fingerprint density at radius 3 is 2.68 bits per heavy atom. The molecule has 0 aliphatic rings. The minimum absolute atomic E-state index is 0.0587. The summed E-state index contributed by atoms with van der Waals surface area (Å²) in [6.07, 6.45) is 0. The second-order valence-electron chi connectivity index (χ2n) is 6.94. The van der Waals surface area contributed by atoms with Crippen molar-refractivity contribution in [2.45, 2.75) is 25.5 Å². The molecule has 2 aromatic carbocycles. The molecule has 1 amide bonds. The summed E-state index contributed by atoms with van der Waals surface area (Å²) >= 11 is 2.62. The molecule has 0 aliphatic carbocycles. The summed E-state index contributed by atoms with van der Waals surface area (Å²) < 4.78 is 15.9.